The average molecular weight is 1310 g/mol. The maximum absolute atomic E-state index is 13.9. The van der Waals surface area contributed by atoms with Crippen molar-refractivity contribution in [2.45, 2.75) is 227 Å². The van der Waals surface area contributed by atoms with Crippen LogP contribution in [0.25, 0.3) is 0 Å². The molecule has 0 aromatic heterocycles. The van der Waals surface area contributed by atoms with Gasteiger partial charge in [-0.25, -0.2) is 9.13 Å². The number of hydrogen-bond donors (Lipinski definition) is 12. The first-order valence-corrected chi connectivity index (χ1v) is 33.9. The molecule has 0 radical (unpaired) electrons. The van der Waals surface area contributed by atoms with Gasteiger partial charge in [0.2, 0.25) is 17.7 Å². The van der Waals surface area contributed by atoms with E-state index in [9.17, 15) is 84.4 Å². The van der Waals surface area contributed by atoms with Crippen LogP contribution in [0.4, 0.5) is 0 Å². The van der Waals surface area contributed by atoms with E-state index in [1.54, 1.807) is 20.8 Å². The Kier molecular flexibility index (Phi) is 30.7. The molecule has 0 spiro atoms. The van der Waals surface area contributed by atoms with Gasteiger partial charge in [-0.15, -0.1) is 0 Å². The summed E-state index contributed by atoms with van der Waals surface area (Å²) >= 11 is 0. The Labute approximate surface area is 513 Å². The molecule has 0 aliphatic carbocycles. The summed E-state index contributed by atoms with van der Waals surface area (Å²) in [7, 11) is -8.40. The molecule has 0 bridgehead atoms. The molecule has 0 aromatic rings. The van der Waals surface area contributed by atoms with E-state index in [-0.39, 0.29) is 96.4 Å². The number of phosphoric acid groups is 2. The monoisotopic (exact) mass is 1310 g/mol. The van der Waals surface area contributed by atoms with E-state index in [0.717, 1.165) is 0 Å². The molecule has 6 aliphatic rings. The molecule has 3 amide bonds. The van der Waals surface area contributed by atoms with Crippen LogP contribution in [0, 0.1) is 17.8 Å². The average Bonchev–Trinajstić information content (AvgIpc) is 1.60. The zero-order valence-corrected chi connectivity index (χ0v) is 52.6. The number of ether oxygens (including phenoxy) is 7. The number of carbonyl (C=O) groups is 3. The van der Waals surface area contributed by atoms with Crippen LogP contribution >= 0.6 is 15.6 Å². The first-order chi connectivity index (χ1) is 41.8. The third-order valence-electron chi connectivity index (χ3n) is 17.4. The molecule has 6 fully saturated rings. The van der Waals surface area contributed by atoms with Crippen molar-refractivity contribution in [1.29, 1.82) is 0 Å². The van der Waals surface area contributed by atoms with Gasteiger partial charge in [0.25, 0.3) is 0 Å². The maximum Gasteiger partial charge on any atom is 0.472 e. The zero-order chi connectivity index (χ0) is 64.5. The number of phosphoric ester groups is 2. The van der Waals surface area contributed by atoms with Gasteiger partial charge >= 0.3 is 15.6 Å². The number of amides is 3. The van der Waals surface area contributed by atoms with Crippen molar-refractivity contribution >= 4 is 33.4 Å². The molecule has 88 heavy (non-hydrogen) atoms. The number of aliphatic hydroxyl groups excluding tert-OH is 10. The Bertz CT molecular complexity index is 2210. The summed E-state index contributed by atoms with van der Waals surface area (Å²) in [5, 5.41) is 100. The second-order valence-electron chi connectivity index (χ2n) is 24.1. The van der Waals surface area contributed by atoms with Crippen LogP contribution in [-0.2, 0) is 74.8 Å². The molecule has 512 valence electrons. The van der Waals surface area contributed by atoms with Crippen molar-refractivity contribution in [3.8, 4) is 0 Å². The summed E-state index contributed by atoms with van der Waals surface area (Å²) in [4.78, 5) is 67.2. The summed E-state index contributed by atoms with van der Waals surface area (Å²) in [6, 6.07) is -2.27. The van der Waals surface area contributed by atoms with E-state index in [0.29, 0.717) is 57.8 Å². The first-order valence-electron chi connectivity index (χ1n) is 30.9. The Balaban J connectivity index is 0.980. The van der Waals surface area contributed by atoms with Crippen molar-refractivity contribution in [3.05, 3.63) is 0 Å². The van der Waals surface area contributed by atoms with Crippen LogP contribution in [0.3, 0.4) is 0 Å². The minimum absolute atomic E-state index is 0.0333. The fourth-order valence-corrected chi connectivity index (χ4v) is 14.0. The van der Waals surface area contributed by atoms with E-state index >= 15 is 0 Å². The number of unbranched alkanes of at least 4 members (excludes halogenated alkanes) is 6. The Morgan fingerprint density at radius 1 is 0.455 bits per heavy atom. The van der Waals surface area contributed by atoms with Crippen LogP contribution in [0.1, 0.15) is 117 Å². The van der Waals surface area contributed by atoms with Gasteiger partial charge < -0.3 is 109 Å². The van der Waals surface area contributed by atoms with Crippen molar-refractivity contribution in [2.24, 2.45) is 17.8 Å². The number of carbonyl (C=O) groups excluding carboxylic acids is 3. The molecule has 6 saturated heterocycles. The van der Waals surface area contributed by atoms with Crippen molar-refractivity contribution in [3.63, 3.8) is 0 Å². The number of β-amino-alcohol motifs (C(OH)–C–C–N with tert-alkyl or cyclic N) is 1. The van der Waals surface area contributed by atoms with Gasteiger partial charge in [0.1, 0.15) is 36.6 Å². The van der Waals surface area contributed by atoms with Crippen LogP contribution < -0.4 is 0 Å². The van der Waals surface area contributed by atoms with Gasteiger partial charge in [-0.1, -0.05) is 40.0 Å². The molecular formula is C55H99N3O28P2. The molecule has 23 atom stereocenters. The fraction of sp³-hybridized carbons (Fsp3) is 0.945. The van der Waals surface area contributed by atoms with Gasteiger partial charge in [-0.2, -0.15) is 0 Å². The highest BCUT2D eigenvalue weighted by molar-refractivity contribution is 7.47. The predicted molar refractivity (Wildman–Crippen MR) is 304 cm³/mol. The highest BCUT2D eigenvalue weighted by Gasteiger charge is 2.47. The molecular weight excluding hydrogens is 1210 g/mol. The Hall–Kier alpha value is -2.05. The van der Waals surface area contributed by atoms with Crippen molar-refractivity contribution < 1.29 is 136 Å². The van der Waals surface area contributed by atoms with Crippen LogP contribution in [0.5, 0.6) is 0 Å². The quantitative estimate of drug-likeness (QED) is 0.0258. The van der Waals surface area contributed by atoms with E-state index in [2.05, 4.69) is 0 Å². The molecule has 6 rings (SSSR count). The van der Waals surface area contributed by atoms with Gasteiger partial charge in [-0.05, 0) is 57.8 Å². The summed E-state index contributed by atoms with van der Waals surface area (Å²) in [5.41, 5.74) is 0. The van der Waals surface area contributed by atoms with Crippen LogP contribution in [-0.4, -0.2) is 290 Å². The molecule has 0 aromatic carbocycles. The van der Waals surface area contributed by atoms with Crippen molar-refractivity contribution in [2.75, 3.05) is 86.2 Å². The molecule has 6 aliphatic heterocycles. The standard InChI is InChI=1S/C55H99N3O28P2/c1-32-47(66)50(69)41(26-59)82-53(32)77-17-11-5-8-14-44(63)56-23-38(62)20-35(56)30-80-87(72,73)86-40-22-37(58(25-40)46(65)16-10-7-13-19-79-55-34(3)49(68)52(71)43(28-61)84-55)31-81-88(74,75)85-39-21-36(29-76-4)57(24-39)45(64)15-9-6-12-18-78-54-33(2)48(67)51(70)42(27-60)83-54/h32-43,47-55,59-62,66-71H,5-31H2,1-4H3,(H,72,73)(H,74,75)/t32-,33-,34-,35-,36-,37-,38?,39+,40+,41?,42?,43?,47?,48?,49?,50-,51-,52-,53+,54+,55+/m0/s1. The van der Waals surface area contributed by atoms with Crippen molar-refractivity contribution in [1.82, 2.24) is 14.7 Å². The molecule has 6 heterocycles. The topological polar surface area (TPSA) is 439 Å². The van der Waals surface area contributed by atoms with Crippen LogP contribution in [0.2, 0.25) is 0 Å². The number of nitrogens with zero attached hydrogens (tertiary/aromatic N) is 3. The van der Waals surface area contributed by atoms with Gasteiger partial charge in [0, 0.05) is 83.6 Å². The Morgan fingerprint density at radius 2 is 0.773 bits per heavy atom. The second kappa shape index (κ2) is 36.0. The smallest absolute Gasteiger partial charge is 0.394 e. The normalized spacial score (nSPS) is 36.9. The minimum atomic E-state index is -4.94. The lowest BCUT2D eigenvalue weighted by Crippen LogP contribution is -2.55. The fourth-order valence-electron chi connectivity index (χ4n) is 12.1. The van der Waals surface area contributed by atoms with E-state index < -0.39 is 183 Å². The molecule has 33 heteroatoms. The number of rotatable bonds is 36. The summed E-state index contributed by atoms with van der Waals surface area (Å²) < 4.78 is 88.9. The van der Waals surface area contributed by atoms with E-state index in [4.69, 9.17) is 51.3 Å². The lowest BCUT2D eigenvalue weighted by atomic mass is 9.92. The zero-order valence-electron chi connectivity index (χ0n) is 50.9. The highest BCUT2D eigenvalue weighted by atomic mass is 31.2. The molecule has 0 saturated carbocycles. The minimum Gasteiger partial charge on any atom is -0.394 e. The van der Waals surface area contributed by atoms with E-state index in [1.807, 2.05) is 0 Å². The lowest BCUT2D eigenvalue weighted by Gasteiger charge is -2.40. The van der Waals surface area contributed by atoms with Gasteiger partial charge in [0.15, 0.2) is 18.9 Å². The molecule has 12 N–H and O–H groups in total. The molecule has 9 unspecified atom stereocenters. The first kappa shape index (κ1) is 75.0. The second-order valence-corrected chi connectivity index (χ2v) is 27.0. The summed E-state index contributed by atoms with van der Waals surface area (Å²) in [6.07, 6.45) is -11.4. The largest absolute Gasteiger partial charge is 0.472 e. The summed E-state index contributed by atoms with van der Waals surface area (Å²) in [5.74, 6) is -2.71. The number of hydrogen-bond acceptors (Lipinski definition) is 26. The lowest BCUT2D eigenvalue weighted by molar-refractivity contribution is -0.282. The summed E-state index contributed by atoms with van der Waals surface area (Å²) in [6.45, 7) is 2.73. The number of likely N-dealkylation sites (tertiary alicyclic amines) is 3. The number of methoxy groups -OCH3 is 1. The van der Waals surface area contributed by atoms with Crippen LogP contribution in [0.15, 0.2) is 0 Å². The predicted octanol–water partition coefficient (Wildman–Crippen LogP) is -1.24. The Morgan fingerprint density at radius 3 is 1.10 bits per heavy atom. The third-order valence-corrected chi connectivity index (χ3v) is 19.5. The SMILES string of the molecule is COC[C@@H]1C[C@@H](OP(=O)(O)OC[C@@H]2C[C@@H](OP(=O)(O)OC[C@@H]3CC(O)CN3C(=O)CCCCCO[C@@H]3OC(CO)[C@H](O)C(O)[C@@H]3C)CN2C(=O)CCCCCO[C@@H]2OC(CO)[C@H](O)C(O)[C@@H]2C)CN1C(=O)CCCCCO[C@@H]1OC(CO)[C@H](O)C(O)[C@@H]1C. The highest BCUT2D eigenvalue weighted by Crippen LogP contribution is 2.50. The van der Waals surface area contributed by atoms with Gasteiger partial charge in [-0.3, -0.25) is 32.5 Å². The molecule has 31 nitrogen and oxygen atoms in total. The maximum atomic E-state index is 13.9. The number of aliphatic hydroxyl groups is 10. The third kappa shape index (κ3) is 21.5. The van der Waals surface area contributed by atoms with E-state index in [1.165, 1.54) is 21.8 Å². The van der Waals surface area contributed by atoms with Gasteiger partial charge in [0.05, 0.1) is 94.4 Å².